The zero-order valence-corrected chi connectivity index (χ0v) is 30.6. The van der Waals surface area contributed by atoms with Crippen molar-refractivity contribution in [2.75, 3.05) is 0 Å². The summed E-state index contributed by atoms with van der Waals surface area (Å²) in [6.45, 7) is 0. The second kappa shape index (κ2) is 11.1. The van der Waals surface area contributed by atoms with Crippen LogP contribution in [0.2, 0.25) is 0 Å². The van der Waals surface area contributed by atoms with Crippen LogP contribution in [0.3, 0.4) is 0 Å². The largest absolute Gasteiger partial charge is 0.324 e. The summed E-state index contributed by atoms with van der Waals surface area (Å²) in [6, 6.07) is 53.7. The maximum atomic E-state index is 5.54. The lowest BCUT2D eigenvalue weighted by molar-refractivity contribution is 0.969. The van der Waals surface area contributed by atoms with Gasteiger partial charge in [0, 0.05) is 50.8 Å². The summed E-state index contributed by atoms with van der Waals surface area (Å²) in [4.78, 5) is 30.7. The van der Waals surface area contributed by atoms with E-state index in [1.165, 1.54) is 0 Å². The molecule has 13 rings (SSSR count). The number of aromatic amines is 1. The fourth-order valence-electron chi connectivity index (χ4n) is 8.97. The topological polar surface area (TPSA) is 85.2 Å². The fourth-order valence-corrected chi connectivity index (χ4v) is 8.97. The predicted molar refractivity (Wildman–Crippen MR) is 233 cm³/mol. The molecule has 4 heterocycles. The van der Waals surface area contributed by atoms with E-state index in [-0.39, 0.29) is 0 Å². The third-order valence-corrected chi connectivity index (χ3v) is 11.8. The van der Waals surface area contributed by atoms with Crippen LogP contribution in [-0.2, 0) is 7.05 Å². The smallest absolute Gasteiger partial charge is 0.164 e. The quantitative estimate of drug-likeness (QED) is 0.168. The SMILES string of the molecule is Cn1c2nc3cc(nc4[nH]c(nc5nc(nc1c1cc6ccccc6cc12)-c1cc2ccccc2cc1-5)c1cc2ccccc2cc41)-c1cc2ccccc2cc1-3. The first kappa shape index (κ1) is 30.5. The van der Waals surface area contributed by atoms with Crippen LogP contribution < -0.4 is 0 Å². The molecule has 1 aliphatic carbocycles. The number of nitrogens with zero attached hydrogens (tertiary/aromatic N) is 6. The lowest BCUT2D eigenvalue weighted by atomic mass is 10.0. The number of aromatic nitrogens is 7. The Hall–Kier alpha value is -7.77. The van der Waals surface area contributed by atoms with Crippen LogP contribution in [0.1, 0.15) is 0 Å². The van der Waals surface area contributed by atoms with Crippen molar-refractivity contribution < 1.29 is 0 Å². The summed E-state index contributed by atoms with van der Waals surface area (Å²) >= 11 is 0. The monoisotopic (exact) mass is 727 g/mol. The molecule has 57 heavy (non-hydrogen) atoms. The van der Waals surface area contributed by atoms with Crippen molar-refractivity contribution in [3.05, 3.63) is 152 Å². The second-order valence-corrected chi connectivity index (χ2v) is 15.1. The standard InChI is InChI=1S/C50H29N7/c1-57-49-41-24-33-16-8-9-17-34(33)25-42(41)50(57)56-48-40-23-32-15-7-6-14-31(32)22-39(40)47(55-48)54-46-38-21-30-13-5-4-12-29(30)20-37(38)45(53-46)51-43-26-44(52-49)36-19-28-11-3-2-10-27(28)18-35(36)43/h2-26H,1H3,(H,51,53,54,55,56). The molecule has 0 spiro atoms. The van der Waals surface area contributed by atoms with Gasteiger partial charge in [-0.1, -0.05) is 97.1 Å². The molecule has 264 valence electrons. The molecule has 0 saturated carbocycles. The van der Waals surface area contributed by atoms with Gasteiger partial charge in [-0.2, -0.15) is 0 Å². The highest BCUT2D eigenvalue weighted by Crippen LogP contribution is 2.42. The number of hydrogen-bond donors (Lipinski definition) is 1. The van der Waals surface area contributed by atoms with Gasteiger partial charge in [-0.3, -0.25) is 0 Å². The average molecular weight is 728 g/mol. The van der Waals surface area contributed by atoms with Crippen molar-refractivity contribution >= 4 is 87.2 Å². The molecule has 0 unspecified atom stereocenters. The van der Waals surface area contributed by atoms with Gasteiger partial charge in [-0.05, 0) is 97.7 Å². The summed E-state index contributed by atoms with van der Waals surface area (Å²) in [7, 11) is 2.06. The van der Waals surface area contributed by atoms with Crippen molar-refractivity contribution in [3.8, 4) is 45.3 Å². The van der Waals surface area contributed by atoms with Crippen LogP contribution in [0.15, 0.2) is 152 Å². The lowest BCUT2D eigenvalue weighted by Crippen LogP contribution is -1.92. The van der Waals surface area contributed by atoms with E-state index in [0.29, 0.717) is 17.3 Å². The van der Waals surface area contributed by atoms with E-state index in [1.54, 1.807) is 0 Å². The highest BCUT2D eigenvalue weighted by Gasteiger charge is 2.24. The summed E-state index contributed by atoms with van der Waals surface area (Å²) < 4.78 is 2.11. The highest BCUT2D eigenvalue weighted by atomic mass is 15.1. The molecule has 0 saturated heterocycles. The Morgan fingerprint density at radius 2 is 0.719 bits per heavy atom. The van der Waals surface area contributed by atoms with Crippen molar-refractivity contribution in [1.29, 1.82) is 0 Å². The summed E-state index contributed by atoms with van der Waals surface area (Å²) in [5.41, 5.74) is 8.67. The van der Waals surface area contributed by atoms with E-state index >= 15 is 0 Å². The third kappa shape index (κ3) is 4.45. The van der Waals surface area contributed by atoms with E-state index in [4.69, 9.17) is 24.9 Å². The molecule has 8 aromatic carbocycles. The van der Waals surface area contributed by atoms with E-state index in [0.717, 1.165) is 115 Å². The molecule has 3 aromatic heterocycles. The summed E-state index contributed by atoms with van der Waals surface area (Å²) in [6.07, 6.45) is 0. The van der Waals surface area contributed by atoms with E-state index in [9.17, 15) is 0 Å². The third-order valence-electron chi connectivity index (χ3n) is 11.8. The van der Waals surface area contributed by atoms with Gasteiger partial charge in [0.25, 0.3) is 0 Å². The number of benzene rings is 8. The minimum Gasteiger partial charge on any atom is -0.324 e. The first-order valence-corrected chi connectivity index (χ1v) is 19.1. The van der Waals surface area contributed by atoms with Gasteiger partial charge >= 0.3 is 0 Å². The number of hydrogen-bond acceptors (Lipinski definition) is 5. The molecule has 11 aromatic rings. The summed E-state index contributed by atoms with van der Waals surface area (Å²) in [5, 5.41) is 13.1. The van der Waals surface area contributed by atoms with Gasteiger partial charge in [0.15, 0.2) is 11.6 Å². The highest BCUT2D eigenvalue weighted by molar-refractivity contribution is 6.13. The summed E-state index contributed by atoms with van der Waals surface area (Å²) in [5.74, 6) is 1.22. The number of rotatable bonds is 0. The van der Waals surface area contributed by atoms with Gasteiger partial charge in [-0.25, -0.2) is 24.9 Å². The maximum absolute atomic E-state index is 5.54. The Kier molecular flexibility index (Phi) is 5.97. The maximum Gasteiger partial charge on any atom is 0.164 e. The van der Waals surface area contributed by atoms with Gasteiger partial charge in [0.2, 0.25) is 0 Å². The Morgan fingerprint density at radius 3 is 1.21 bits per heavy atom. The Labute approximate surface area is 324 Å². The lowest BCUT2D eigenvalue weighted by Gasteiger charge is -2.05. The molecule has 0 atom stereocenters. The van der Waals surface area contributed by atoms with Gasteiger partial charge in [-0.15, -0.1) is 0 Å². The molecule has 2 aliphatic rings. The van der Waals surface area contributed by atoms with Crippen LogP contribution >= 0.6 is 0 Å². The minimum absolute atomic E-state index is 0.603. The number of aryl methyl sites for hydroxylation is 1. The number of H-pyrrole nitrogens is 1. The molecule has 7 heteroatoms. The predicted octanol–water partition coefficient (Wildman–Crippen LogP) is 12.1. The number of fused-ring (bicyclic) bond motifs is 24. The molecule has 7 nitrogen and oxygen atoms in total. The zero-order chi connectivity index (χ0) is 37.4. The van der Waals surface area contributed by atoms with Gasteiger partial charge in [0.1, 0.15) is 22.6 Å². The van der Waals surface area contributed by atoms with Crippen molar-refractivity contribution in [1.82, 2.24) is 34.5 Å². The zero-order valence-electron chi connectivity index (χ0n) is 30.6. The minimum atomic E-state index is 0.603. The van der Waals surface area contributed by atoms with Crippen LogP contribution in [0.5, 0.6) is 0 Å². The van der Waals surface area contributed by atoms with Crippen LogP contribution in [0.4, 0.5) is 0 Å². The molecule has 0 amide bonds. The molecular formula is C50H29N7. The Morgan fingerprint density at radius 1 is 0.351 bits per heavy atom. The second-order valence-electron chi connectivity index (χ2n) is 15.1. The van der Waals surface area contributed by atoms with E-state index < -0.39 is 0 Å². The molecular weight excluding hydrogens is 699 g/mol. The molecule has 1 N–H and O–H groups in total. The van der Waals surface area contributed by atoms with Crippen molar-refractivity contribution in [3.63, 3.8) is 0 Å². The fraction of sp³-hybridized carbons (Fsp3) is 0.0200. The Balaban J connectivity index is 1.25. The molecule has 0 fully saturated rings. The van der Waals surface area contributed by atoms with Crippen molar-refractivity contribution in [2.45, 2.75) is 0 Å². The van der Waals surface area contributed by atoms with Crippen LogP contribution in [0.25, 0.3) is 133 Å². The Bertz CT molecular complexity index is 3540. The van der Waals surface area contributed by atoms with Gasteiger partial charge in [0.05, 0.1) is 11.4 Å². The molecule has 8 bridgehead atoms. The average Bonchev–Trinajstić information content (AvgIpc) is 3.94. The van der Waals surface area contributed by atoms with Crippen molar-refractivity contribution in [2.24, 2.45) is 7.05 Å². The molecule has 0 radical (unpaired) electrons. The van der Waals surface area contributed by atoms with E-state index in [2.05, 4.69) is 168 Å². The van der Waals surface area contributed by atoms with Crippen LogP contribution in [0, 0.1) is 0 Å². The van der Waals surface area contributed by atoms with Gasteiger partial charge < -0.3 is 9.55 Å². The number of nitrogens with one attached hydrogen (secondary N) is 1. The normalized spacial score (nSPS) is 12.3. The van der Waals surface area contributed by atoms with Crippen LogP contribution in [-0.4, -0.2) is 34.5 Å². The van der Waals surface area contributed by atoms with E-state index in [1.807, 2.05) is 0 Å². The molecule has 1 aliphatic heterocycles. The first-order chi connectivity index (χ1) is 28.1. The first-order valence-electron chi connectivity index (χ1n) is 19.1.